The molecule has 3 heteroatoms. The summed E-state index contributed by atoms with van der Waals surface area (Å²) in [6.07, 6.45) is 6.14. The van der Waals surface area contributed by atoms with Crippen molar-refractivity contribution in [1.29, 1.82) is 0 Å². The van der Waals surface area contributed by atoms with Gasteiger partial charge in [-0.05, 0) is 60.7 Å². The Labute approximate surface area is 142 Å². The lowest BCUT2D eigenvalue weighted by Gasteiger charge is -2.58. The number of Topliss-reactive ketones (excluding diaryl/α,β-unsaturated/α-hetero) is 1. The molecule has 0 aliphatic heterocycles. The molecule has 4 aliphatic carbocycles. The van der Waals surface area contributed by atoms with E-state index in [2.05, 4.69) is 26.5 Å². The summed E-state index contributed by atoms with van der Waals surface area (Å²) < 4.78 is 14.3. The third-order valence-corrected chi connectivity index (χ3v) is 7.70. The van der Waals surface area contributed by atoms with Crippen molar-refractivity contribution in [1.82, 2.24) is 0 Å². The first-order chi connectivity index (χ1) is 11.2. The third kappa shape index (κ3) is 1.76. The Morgan fingerprint density at radius 2 is 1.96 bits per heavy atom. The highest BCUT2D eigenvalue weighted by Crippen LogP contribution is 2.66. The Morgan fingerprint density at radius 3 is 2.67 bits per heavy atom. The quantitative estimate of drug-likeness (QED) is 0.624. The van der Waals surface area contributed by atoms with E-state index in [0.29, 0.717) is 12.3 Å². The molecule has 2 nitrogen and oxygen atoms in total. The fourth-order valence-corrected chi connectivity index (χ4v) is 6.21. The van der Waals surface area contributed by atoms with Gasteiger partial charge in [-0.15, -0.1) is 0 Å². The molecule has 3 saturated carbocycles. The number of hydrogen-bond acceptors (Lipinski definition) is 2. The van der Waals surface area contributed by atoms with Gasteiger partial charge in [-0.3, -0.25) is 9.59 Å². The molecule has 0 amide bonds. The molecule has 0 saturated heterocycles. The average Bonchev–Trinajstić information content (AvgIpc) is 2.77. The van der Waals surface area contributed by atoms with Crippen LogP contribution in [0, 0.1) is 34.5 Å². The Balaban J connectivity index is 1.82. The van der Waals surface area contributed by atoms with Crippen LogP contribution in [0.15, 0.2) is 36.0 Å². The van der Waals surface area contributed by atoms with Gasteiger partial charge in [-0.25, -0.2) is 4.39 Å². The lowest BCUT2D eigenvalue weighted by atomic mass is 9.45. The van der Waals surface area contributed by atoms with E-state index in [1.807, 2.05) is 6.92 Å². The summed E-state index contributed by atoms with van der Waals surface area (Å²) in [6.45, 7) is 10.6. The number of rotatable bonds is 0. The minimum absolute atomic E-state index is 0.0399. The second-order valence-electron chi connectivity index (χ2n) is 8.68. The van der Waals surface area contributed by atoms with Gasteiger partial charge < -0.3 is 0 Å². The van der Waals surface area contributed by atoms with Gasteiger partial charge in [-0.2, -0.15) is 0 Å². The van der Waals surface area contributed by atoms with E-state index in [-0.39, 0.29) is 34.7 Å². The molecule has 4 rings (SSSR count). The number of ketones is 2. The monoisotopic (exact) mass is 328 g/mol. The van der Waals surface area contributed by atoms with Crippen molar-refractivity contribution in [2.24, 2.45) is 34.5 Å². The number of carbonyl (C=O) groups excluding carboxylic acids is 2. The van der Waals surface area contributed by atoms with Gasteiger partial charge in [0.2, 0.25) is 0 Å². The van der Waals surface area contributed by atoms with Crippen molar-refractivity contribution in [2.75, 3.05) is 0 Å². The van der Waals surface area contributed by atoms with Gasteiger partial charge in [0.25, 0.3) is 0 Å². The third-order valence-electron chi connectivity index (χ3n) is 7.70. The molecule has 0 heterocycles. The van der Waals surface area contributed by atoms with Crippen molar-refractivity contribution in [3.63, 3.8) is 0 Å². The maximum atomic E-state index is 14.3. The summed E-state index contributed by atoms with van der Waals surface area (Å²) in [4.78, 5) is 24.4. The largest absolute Gasteiger partial charge is 0.296 e. The molecule has 0 aromatic carbocycles. The molecule has 0 aromatic heterocycles. The maximum Gasteiger partial charge on any atom is 0.178 e. The molecular weight excluding hydrogens is 303 g/mol. The van der Waals surface area contributed by atoms with Crippen LogP contribution >= 0.6 is 0 Å². The average molecular weight is 328 g/mol. The zero-order valence-corrected chi connectivity index (χ0v) is 14.6. The van der Waals surface area contributed by atoms with E-state index in [4.69, 9.17) is 0 Å². The topological polar surface area (TPSA) is 34.1 Å². The summed E-state index contributed by atoms with van der Waals surface area (Å²) in [7, 11) is 0. The fourth-order valence-electron chi connectivity index (χ4n) is 6.21. The molecule has 0 N–H and O–H groups in total. The summed E-state index contributed by atoms with van der Waals surface area (Å²) >= 11 is 0. The summed E-state index contributed by atoms with van der Waals surface area (Å²) in [5.74, 6) is 0.434. The van der Waals surface area contributed by atoms with Gasteiger partial charge in [0.15, 0.2) is 17.7 Å². The molecule has 0 radical (unpaired) electrons. The van der Waals surface area contributed by atoms with Crippen molar-refractivity contribution in [2.45, 2.75) is 46.2 Å². The van der Waals surface area contributed by atoms with Crippen LogP contribution < -0.4 is 0 Å². The smallest absolute Gasteiger partial charge is 0.178 e. The highest BCUT2D eigenvalue weighted by molar-refractivity contribution is 6.01. The number of fused-ring (bicyclic) bond motifs is 5. The van der Waals surface area contributed by atoms with Crippen LogP contribution in [0.25, 0.3) is 0 Å². The number of allylic oxidation sites excluding steroid dienone is 5. The van der Waals surface area contributed by atoms with Crippen LogP contribution in [0.1, 0.15) is 40.0 Å². The molecule has 0 aromatic rings. The van der Waals surface area contributed by atoms with Gasteiger partial charge in [0, 0.05) is 10.8 Å². The predicted octanol–water partition coefficient (Wildman–Crippen LogP) is 4.22. The van der Waals surface area contributed by atoms with Crippen molar-refractivity contribution < 1.29 is 14.0 Å². The first kappa shape index (κ1) is 16.0. The molecule has 2 unspecified atom stereocenters. The van der Waals surface area contributed by atoms with Gasteiger partial charge in [-0.1, -0.05) is 39.0 Å². The number of halogens is 1. The highest BCUT2D eigenvalue weighted by Gasteiger charge is 2.63. The normalized spacial score (nSPS) is 50.2. The van der Waals surface area contributed by atoms with E-state index in [0.717, 1.165) is 24.0 Å². The summed E-state index contributed by atoms with van der Waals surface area (Å²) in [5.41, 5.74) is 1.50. The SMILES string of the molecule is C=C1C(C)C2=CC(=O)C=C[C@]2(C)[C@H]2CC[C@]3(C)C(=O)C(F)C[C@H]3[C@H]12. The number of hydrogen-bond donors (Lipinski definition) is 0. The van der Waals surface area contributed by atoms with Crippen LogP contribution in [0.2, 0.25) is 0 Å². The second-order valence-corrected chi connectivity index (χ2v) is 8.68. The molecule has 128 valence electrons. The van der Waals surface area contributed by atoms with Crippen LogP contribution in [0.4, 0.5) is 4.39 Å². The van der Waals surface area contributed by atoms with Gasteiger partial charge >= 0.3 is 0 Å². The fraction of sp³-hybridized carbons (Fsp3) is 0.619. The maximum absolute atomic E-state index is 14.3. The minimum atomic E-state index is -1.32. The van der Waals surface area contributed by atoms with E-state index in [1.54, 1.807) is 12.2 Å². The van der Waals surface area contributed by atoms with Crippen LogP contribution in [0.3, 0.4) is 0 Å². The van der Waals surface area contributed by atoms with Gasteiger partial charge in [0.05, 0.1) is 0 Å². The lowest BCUT2D eigenvalue weighted by Crippen LogP contribution is -2.52. The van der Waals surface area contributed by atoms with Crippen molar-refractivity contribution >= 4 is 11.6 Å². The molecule has 3 fully saturated rings. The zero-order valence-electron chi connectivity index (χ0n) is 14.6. The van der Waals surface area contributed by atoms with E-state index in [9.17, 15) is 14.0 Å². The van der Waals surface area contributed by atoms with E-state index >= 15 is 0 Å². The van der Waals surface area contributed by atoms with Crippen LogP contribution in [-0.4, -0.2) is 17.7 Å². The second kappa shape index (κ2) is 4.77. The molecule has 7 atom stereocenters. The minimum Gasteiger partial charge on any atom is -0.296 e. The van der Waals surface area contributed by atoms with Crippen molar-refractivity contribution in [3.05, 3.63) is 36.0 Å². The lowest BCUT2D eigenvalue weighted by molar-refractivity contribution is -0.133. The first-order valence-corrected chi connectivity index (χ1v) is 9.02. The highest BCUT2D eigenvalue weighted by atomic mass is 19.1. The molecule has 0 bridgehead atoms. The molecule has 0 spiro atoms. The molecule has 4 aliphatic rings. The van der Waals surface area contributed by atoms with Crippen LogP contribution in [-0.2, 0) is 9.59 Å². The summed E-state index contributed by atoms with van der Waals surface area (Å²) in [5, 5.41) is 0. The first-order valence-electron chi connectivity index (χ1n) is 9.02. The summed E-state index contributed by atoms with van der Waals surface area (Å²) in [6, 6.07) is 0. The predicted molar refractivity (Wildman–Crippen MR) is 91.0 cm³/mol. The van der Waals surface area contributed by atoms with E-state index < -0.39 is 11.6 Å². The van der Waals surface area contributed by atoms with Crippen LogP contribution in [0.5, 0.6) is 0 Å². The zero-order chi connectivity index (χ0) is 17.4. The standard InChI is InChI=1S/C21H25FO2/c1-11-12(2)18-14(20(3)7-5-13(23)9-15(11)20)6-8-21(4)16(18)10-17(22)19(21)24/h5,7,9,11,14,16-18H,2,6,8,10H2,1,3-4H3/t11?,14-,16-,17?,18+,20+,21-/m0/s1. The van der Waals surface area contributed by atoms with Gasteiger partial charge in [0.1, 0.15) is 0 Å². The van der Waals surface area contributed by atoms with Crippen molar-refractivity contribution in [3.8, 4) is 0 Å². The Hall–Kier alpha value is -1.51. The molecule has 24 heavy (non-hydrogen) atoms. The van der Waals surface area contributed by atoms with E-state index in [1.165, 1.54) is 0 Å². The Morgan fingerprint density at radius 1 is 1.25 bits per heavy atom. The number of carbonyl (C=O) groups is 2. The molecular formula is C21H25FO2. The Bertz CT molecular complexity index is 717. The number of alkyl halides is 1. The Kier molecular flexibility index (Phi) is 3.18.